The number of nitrogens with zero attached hydrogens (tertiary/aromatic N) is 3. The summed E-state index contributed by atoms with van der Waals surface area (Å²) in [5.41, 5.74) is 0. The number of carbonyl (C=O) groups is 1. The molecule has 1 fully saturated rings. The molecule has 1 saturated heterocycles. The first-order valence-electron chi connectivity index (χ1n) is 7.64. The number of likely N-dealkylation sites (tertiary alicyclic amines) is 1. The van der Waals surface area contributed by atoms with E-state index >= 15 is 0 Å². The number of alkyl halides is 3. The maximum Gasteiger partial charge on any atom is 0.389 e. The van der Waals surface area contributed by atoms with Crippen molar-refractivity contribution in [2.24, 2.45) is 0 Å². The Morgan fingerprint density at radius 2 is 2.29 bits per heavy atom. The predicted octanol–water partition coefficient (Wildman–Crippen LogP) is 3.85. The second-order valence-corrected chi connectivity index (χ2v) is 6.68. The van der Waals surface area contributed by atoms with E-state index in [1.807, 2.05) is 17.5 Å². The first-order valence-corrected chi connectivity index (χ1v) is 8.52. The molecule has 0 radical (unpaired) electrons. The Labute approximate surface area is 140 Å². The van der Waals surface area contributed by atoms with Gasteiger partial charge in [0.2, 0.25) is 17.6 Å². The Bertz CT molecular complexity index is 684. The Kier molecular flexibility index (Phi) is 4.88. The number of hydrogen-bond acceptors (Lipinski definition) is 5. The maximum absolute atomic E-state index is 12.3. The zero-order valence-electron chi connectivity index (χ0n) is 12.8. The van der Waals surface area contributed by atoms with Crippen molar-refractivity contribution in [1.29, 1.82) is 0 Å². The van der Waals surface area contributed by atoms with Gasteiger partial charge in [-0.1, -0.05) is 11.2 Å². The van der Waals surface area contributed by atoms with Gasteiger partial charge in [-0.15, -0.1) is 11.3 Å². The standard InChI is InChI=1S/C15H16F3N3O2S/c16-15(17,18)6-5-12(22)21-7-1-3-10(9-21)14-19-13(20-23-14)11-4-2-8-24-11/h2,4,8,10H,1,3,5-7,9H2/t10-/m1/s1. The van der Waals surface area contributed by atoms with Gasteiger partial charge in [0.05, 0.1) is 17.2 Å². The lowest BCUT2D eigenvalue weighted by Gasteiger charge is -2.31. The minimum Gasteiger partial charge on any atom is -0.342 e. The summed E-state index contributed by atoms with van der Waals surface area (Å²) in [5.74, 6) is 0.331. The van der Waals surface area contributed by atoms with Crippen LogP contribution in [0.1, 0.15) is 37.5 Å². The molecule has 0 aliphatic carbocycles. The van der Waals surface area contributed by atoms with Crippen LogP contribution in [0.5, 0.6) is 0 Å². The molecule has 5 nitrogen and oxygen atoms in total. The molecule has 0 unspecified atom stereocenters. The fraction of sp³-hybridized carbons (Fsp3) is 0.533. The summed E-state index contributed by atoms with van der Waals surface area (Å²) in [5, 5.41) is 5.85. The summed E-state index contributed by atoms with van der Waals surface area (Å²) in [6.45, 7) is 0.794. The molecule has 2 aromatic heterocycles. The smallest absolute Gasteiger partial charge is 0.342 e. The molecular weight excluding hydrogens is 343 g/mol. The summed E-state index contributed by atoms with van der Waals surface area (Å²) >= 11 is 1.49. The van der Waals surface area contributed by atoms with Crippen LogP contribution in [0, 0.1) is 0 Å². The molecule has 1 aliphatic rings. The number of aromatic nitrogens is 2. The lowest BCUT2D eigenvalue weighted by atomic mass is 9.97. The number of thiophene rings is 1. The summed E-state index contributed by atoms with van der Waals surface area (Å²) in [4.78, 5) is 18.7. The van der Waals surface area contributed by atoms with Gasteiger partial charge in [-0.2, -0.15) is 18.2 Å². The van der Waals surface area contributed by atoms with Crippen molar-refractivity contribution in [1.82, 2.24) is 15.0 Å². The lowest BCUT2D eigenvalue weighted by Crippen LogP contribution is -2.39. The molecule has 1 amide bonds. The van der Waals surface area contributed by atoms with Gasteiger partial charge >= 0.3 is 6.18 Å². The lowest BCUT2D eigenvalue weighted by molar-refractivity contribution is -0.149. The van der Waals surface area contributed by atoms with Crippen molar-refractivity contribution in [3.63, 3.8) is 0 Å². The van der Waals surface area contributed by atoms with E-state index in [0.717, 1.165) is 11.3 Å². The molecule has 1 atom stereocenters. The van der Waals surface area contributed by atoms with E-state index in [1.165, 1.54) is 16.2 Å². The van der Waals surface area contributed by atoms with E-state index in [9.17, 15) is 18.0 Å². The quantitative estimate of drug-likeness (QED) is 0.832. The summed E-state index contributed by atoms with van der Waals surface area (Å²) in [6, 6.07) is 3.77. The zero-order chi connectivity index (χ0) is 17.2. The average Bonchev–Trinajstić information content (AvgIpc) is 3.22. The van der Waals surface area contributed by atoms with Crippen LogP contribution in [0.25, 0.3) is 10.7 Å². The van der Waals surface area contributed by atoms with Crippen LogP contribution in [-0.4, -0.2) is 40.2 Å². The minimum atomic E-state index is -4.31. The van der Waals surface area contributed by atoms with Crippen molar-refractivity contribution >= 4 is 17.2 Å². The van der Waals surface area contributed by atoms with Crippen LogP contribution < -0.4 is 0 Å². The van der Waals surface area contributed by atoms with E-state index in [1.54, 1.807) is 0 Å². The van der Waals surface area contributed by atoms with Gasteiger partial charge in [-0.3, -0.25) is 4.79 Å². The first-order chi connectivity index (χ1) is 11.4. The van der Waals surface area contributed by atoms with Gasteiger partial charge in [0.15, 0.2) is 0 Å². The third-order valence-electron chi connectivity index (χ3n) is 3.93. The van der Waals surface area contributed by atoms with Gasteiger partial charge < -0.3 is 9.42 Å². The normalized spacial score (nSPS) is 18.8. The number of piperidine rings is 1. The molecule has 0 saturated carbocycles. The third-order valence-corrected chi connectivity index (χ3v) is 4.79. The van der Waals surface area contributed by atoms with Gasteiger partial charge in [0.1, 0.15) is 0 Å². The van der Waals surface area contributed by atoms with Crippen molar-refractivity contribution in [2.75, 3.05) is 13.1 Å². The summed E-state index contributed by atoms with van der Waals surface area (Å²) in [7, 11) is 0. The molecule has 0 aromatic carbocycles. The van der Waals surface area contributed by atoms with Gasteiger partial charge in [0, 0.05) is 19.5 Å². The minimum absolute atomic E-state index is 0.130. The average molecular weight is 359 g/mol. The molecule has 3 rings (SSSR count). The van der Waals surface area contributed by atoms with Crippen LogP contribution in [-0.2, 0) is 4.79 Å². The highest BCUT2D eigenvalue weighted by atomic mass is 32.1. The van der Waals surface area contributed by atoms with Crippen LogP contribution in [0.3, 0.4) is 0 Å². The second kappa shape index (κ2) is 6.92. The fourth-order valence-corrected chi connectivity index (χ4v) is 3.37. The zero-order valence-corrected chi connectivity index (χ0v) is 13.6. The molecule has 0 spiro atoms. The molecule has 24 heavy (non-hydrogen) atoms. The molecule has 0 N–H and O–H groups in total. The van der Waals surface area contributed by atoms with Crippen molar-refractivity contribution < 1.29 is 22.5 Å². The topological polar surface area (TPSA) is 59.2 Å². The Morgan fingerprint density at radius 1 is 1.46 bits per heavy atom. The number of halogens is 3. The van der Waals surface area contributed by atoms with Gasteiger partial charge in [0.25, 0.3) is 0 Å². The molecular formula is C15H16F3N3O2S. The van der Waals surface area contributed by atoms with E-state index in [4.69, 9.17) is 4.52 Å². The second-order valence-electron chi connectivity index (χ2n) is 5.73. The summed E-state index contributed by atoms with van der Waals surface area (Å²) in [6.07, 6.45) is -4.43. The van der Waals surface area contributed by atoms with Crippen LogP contribution in [0.2, 0.25) is 0 Å². The third kappa shape index (κ3) is 4.14. The Hall–Kier alpha value is -1.90. The summed E-state index contributed by atoms with van der Waals surface area (Å²) < 4.78 is 42.1. The largest absolute Gasteiger partial charge is 0.389 e. The van der Waals surface area contributed by atoms with Crippen LogP contribution in [0.15, 0.2) is 22.0 Å². The fourth-order valence-electron chi connectivity index (χ4n) is 2.72. The van der Waals surface area contributed by atoms with E-state index in [2.05, 4.69) is 10.1 Å². The Morgan fingerprint density at radius 3 is 3.00 bits per heavy atom. The first kappa shape index (κ1) is 16.9. The molecule has 2 aromatic rings. The molecule has 9 heteroatoms. The molecule has 1 aliphatic heterocycles. The van der Waals surface area contributed by atoms with Crippen LogP contribution in [0.4, 0.5) is 13.2 Å². The molecule has 130 valence electrons. The number of amides is 1. The molecule has 3 heterocycles. The van der Waals surface area contributed by atoms with Crippen molar-refractivity contribution in [2.45, 2.75) is 37.8 Å². The number of carbonyl (C=O) groups excluding carboxylic acids is 1. The highest BCUT2D eigenvalue weighted by molar-refractivity contribution is 7.13. The van der Waals surface area contributed by atoms with Crippen molar-refractivity contribution in [3.05, 3.63) is 23.4 Å². The van der Waals surface area contributed by atoms with Crippen LogP contribution >= 0.6 is 11.3 Å². The number of hydrogen-bond donors (Lipinski definition) is 0. The van der Waals surface area contributed by atoms with Crippen molar-refractivity contribution in [3.8, 4) is 10.7 Å². The molecule has 0 bridgehead atoms. The monoisotopic (exact) mass is 359 g/mol. The van der Waals surface area contributed by atoms with E-state index < -0.39 is 24.9 Å². The SMILES string of the molecule is O=C(CCC(F)(F)F)N1CCC[C@@H](c2nc(-c3cccs3)no2)C1. The van der Waals surface area contributed by atoms with Gasteiger partial charge in [-0.05, 0) is 24.3 Å². The maximum atomic E-state index is 12.3. The Balaban J connectivity index is 1.62. The predicted molar refractivity (Wildman–Crippen MR) is 81.5 cm³/mol. The highest BCUT2D eigenvalue weighted by Crippen LogP contribution is 2.30. The van der Waals surface area contributed by atoms with Gasteiger partial charge in [-0.25, -0.2) is 0 Å². The van der Waals surface area contributed by atoms with E-state index in [-0.39, 0.29) is 5.92 Å². The van der Waals surface area contributed by atoms with E-state index in [0.29, 0.717) is 31.2 Å². The highest BCUT2D eigenvalue weighted by Gasteiger charge is 2.32. The number of rotatable bonds is 4.